The third kappa shape index (κ3) is 4.38. The largest absolute Gasteiger partial charge is 0.481 e. The first-order valence-electron chi connectivity index (χ1n) is 6.75. The maximum Gasteiger partial charge on any atom is 0.317 e. The summed E-state index contributed by atoms with van der Waals surface area (Å²) >= 11 is 0. The second-order valence-electron chi connectivity index (χ2n) is 5.40. The molecule has 110 valence electrons. The van der Waals surface area contributed by atoms with Crippen molar-refractivity contribution in [2.45, 2.75) is 39.7 Å². The zero-order valence-electron chi connectivity index (χ0n) is 11.9. The molecule has 6 nitrogen and oxygen atoms in total. The van der Waals surface area contributed by atoms with Gasteiger partial charge in [-0.25, -0.2) is 4.79 Å². The summed E-state index contributed by atoms with van der Waals surface area (Å²) in [5, 5.41) is 12.0. The summed E-state index contributed by atoms with van der Waals surface area (Å²) in [7, 11) is 0. The van der Waals surface area contributed by atoms with Crippen molar-refractivity contribution >= 4 is 12.0 Å². The number of piperidine rings is 1. The highest BCUT2D eigenvalue weighted by atomic mass is 16.5. The second kappa shape index (κ2) is 6.75. The quantitative estimate of drug-likeness (QED) is 0.791. The number of ether oxygens (including phenoxy) is 1. The van der Waals surface area contributed by atoms with Crippen LogP contribution in [-0.2, 0) is 9.53 Å². The van der Waals surface area contributed by atoms with Crippen LogP contribution in [0, 0.1) is 5.41 Å². The molecular formula is C13H24N2O4. The number of amides is 2. The summed E-state index contributed by atoms with van der Waals surface area (Å²) < 4.78 is 5.24. The lowest BCUT2D eigenvalue weighted by Gasteiger charge is -2.37. The van der Waals surface area contributed by atoms with Crippen LogP contribution in [0.1, 0.15) is 33.6 Å². The van der Waals surface area contributed by atoms with Crippen LogP contribution in [0.2, 0.25) is 0 Å². The molecule has 0 aromatic rings. The molecule has 1 rings (SSSR count). The zero-order chi connectivity index (χ0) is 14.5. The van der Waals surface area contributed by atoms with Gasteiger partial charge in [0.1, 0.15) is 0 Å². The number of nitrogens with one attached hydrogen (secondary N) is 1. The predicted molar refractivity (Wildman–Crippen MR) is 71.0 cm³/mol. The number of rotatable bonds is 5. The Morgan fingerprint density at radius 3 is 2.79 bits per heavy atom. The van der Waals surface area contributed by atoms with Crippen molar-refractivity contribution in [3.8, 4) is 0 Å². The summed E-state index contributed by atoms with van der Waals surface area (Å²) in [6.07, 6.45) is 1.33. The molecule has 2 amide bonds. The number of nitrogens with zero attached hydrogens (tertiary/aromatic N) is 1. The average Bonchev–Trinajstić information content (AvgIpc) is 2.36. The molecule has 2 unspecified atom stereocenters. The van der Waals surface area contributed by atoms with Gasteiger partial charge in [0.2, 0.25) is 0 Å². The van der Waals surface area contributed by atoms with Crippen molar-refractivity contribution in [1.29, 1.82) is 0 Å². The minimum Gasteiger partial charge on any atom is -0.481 e. The maximum absolute atomic E-state index is 12.0. The van der Waals surface area contributed by atoms with E-state index in [1.165, 1.54) is 0 Å². The molecule has 2 atom stereocenters. The molecule has 0 saturated carbocycles. The van der Waals surface area contributed by atoms with Gasteiger partial charge in [-0.3, -0.25) is 4.79 Å². The first-order valence-corrected chi connectivity index (χ1v) is 6.75. The topological polar surface area (TPSA) is 78.9 Å². The smallest absolute Gasteiger partial charge is 0.317 e. The van der Waals surface area contributed by atoms with Gasteiger partial charge in [-0.15, -0.1) is 0 Å². The van der Waals surface area contributed by atoms with Gasteiger partial charge in [0.15, 0.2) is 0 Å². The number of likely N-dealkylation sites (tertiary alicyclic amines) is 1. The molecule has 0 aromatic heterocycles. The van der Waals surface area contributed by atoms with Crippen molar-refractivity contribution in [2.24, 2.45) is 5.41 Å². The molecule has 0 bridgehead atoms. The molecule has 0 aromatic carbocycles. The number of carbonyl (C=O) groups is 2. The number of aliphatic carboxylic acids is 1. The van der Waals surface area contributed by atoms with Crippen LogP contribution in [-0.4, -0.2) is 54.4 Å². The molecule has 1 aliphatic rings. The summed E-state index contributed by atoms with van der Waals surface area (Å²) in [6.45, 7) is 7.41. The Morgan fingerprint density at radius 2 is 2.21 bits per heavy atom. The molecule has 1 saturated heterocycles. The van der Waals surface area contributed by atoms with E-state index in [2.05, 4.69) is 5.32 Å². The Hall–Kier alpha value is -1.30. The summed E-state index contributed by atoms with van der Waals surface area (Å²) in [5.74, 6) is -0.840. The number of carboxylic acid groups (broad SMARTS) is 1. The third-order valence-electron chi connectivity index (χ3n) is 3.44. The Bertz CT molecular complexity index is 335. The monoisotopic (exact) mass is 272 g/mol. The lowest BCUT2D eigenvalue weighted by molar-refractivity contribution is -0.150. The minimum atomic E-state index is -0.840. The standard InChI is InChI=1S/C13H24N2O4/c1-4-19-8-10(2)14-12(18)15-7-5-6-13(3,9-15)11(16)17/h10H,4-9H2,1-3H3,(H,14,18)(H,16,17). The van der Waals surface area contributed by atoms with Gasteiger partial charge in [-0.2, -0.15) is 0 Å². The van der Waals surface area contributed by atoms with Crippen LogP contribution in [0.5, 0.6) is 0 Å². The third-order valence-corrected chi connectivity index (χ3v) is 3.44. The highest BCUT2D eigenvalue weighted by molar-refractivity contribution is 5.78. The number of carboxylic acids is 1. The van der Waals surface area contributed by atoms with Gasteiger partial charge in [0, 0.05) is 19.7 Å². The van der Waals surface area contributed by atoms with E-state index in [0.717, 1.165) is 6.42 Å². The van der Waals surface area contributed by atoms with Crippen molar-refractivity contribution in [3.05, 3.63) is 0 Å². The Labute approximate surface area is 114 Å². The van der Waals surface area contributed by atoms with Crippen molar-refractivity contribution in [1.82, 2.24) is 10.2 Å². The van der Waals surface area contributed by atoms with Gasteiger partial charge in [-0.05, 0) is 33.6 Å². The molecule has 19 heavy (non-hydrogen) atoms. The van der Waals surface area contributed by atoms with Crippen molar-refractivity contribution < 1.29 is 19.4 Å². The first kappa shape index (κ1) is 15.8. The zero-order valence-corrected chi connectivity index (χ0v) is 11.9. The van der Waals surface area contributed by atoms with Crippen LogP contribution in [0.15, 0.2) is 0 Å². The highest BCUT2D eigenvalue weighted by Gasteiger charge is 2.39. The predicted octanol–water partition coefficient (Wildman–Crippen LogP) is 1.31. The Kier molecular flexibility index (Phi) is 5.60. The van der Waals surface area contributed by atoms with Gasteiger partial charge >= 0.3 is 12.0 Å². The minimum absolute atomic E-state index is 0.0783. The average molecular weight is 272 g/mol. The van der Waals surface area contributed by atoms with Crippen LogP contribution < -0.4 is 5.32 Å². The van der Waals surface area contributed by atoms with E-state index in [4.69, 9.17) is 4.74 Å². The van der Waals surface area contributed by atoms with E-state index in [0.29, 0.717) is 26.2 Å². The number of hydrogen-bond acceptors (Lipinski definition) is 3. The second-order valence-corrected chi connectivity index (χ2v) is 5.40. The fraction of sp³-hybridized carbons (Fsp3) is 0.846. The van der Waals surface area contributed by atoms with Gasteiger partial charge < -0.3 is 20.1 Å². The normalized spacial score (nSPS) is 24.9. The van der Waals surface area contributed by atoms with Crippen molar-refractivity contribution in [3.63, 3.8) is 0 Å². The van der Waals surface area contributed by atoms with Crippen molar-refractivity contribution in [2.75, 3.05) is 26.3 Å². The SMILES string of the molecule is CCOCC(C)NC(=O)N1CCCC(C)(C(=O)O)C1. The van der Waals surface area contributed by atoms with Gasteiger partial charge in [0.25, 0.3) is 0 Å². The molecule has 1 fully saturated rings. The summed E-state index contributed by atoms with van der Waals surface area (Å²) in [5.41, 5.74) is -0.835. The van der Waals surface area contributed by atoms with Crippen LogP contribution in [0.3, 0.4) is 0 Å². The Morgan fingerprint density at radius 1 is 1.53 bits per heavy atom. The van der Waals surface area contributed by atoms with Crippen LogP contribution >= 0.6 is 0 Å². The van der Waals surface area contributed by atoms with E-state index in [1.807, 2.05) is 13.8 Å². The van der Waals surface area contributed by atoms with E-state index in [1.54, 1.807) is 11.8 Å². The molecule has 0 radical (unpaired) electrons. The molecule has 1 heterocycles. The summed E-state index contributed by atoms with van der Waals surface area (Å²) in [6, 6.07) is -0.287. The molecule has 0 aliphatic carbocycles. The fourth-order valence-corrected chi connectivity index (χ4v) is 2.23. The van der Waals surface area contributed by atoms with Gasteiger partial charge in [-0.1, -0.05) is 0 Å². The molecule has 6 heteroatoms. The fourth-order valence-electron chi connectivity index (χ4n) is 2.23. The van der Waals surface area contributed by atoms with E-state index < -0.39 is 11.4 Å². The Balaban J connectivity index is 2.50. The summed E-state index contributed by atoms with van der Waals surface area (Å²) in [4.78, 5) is 24.9. The number of hydrogen-bond donors (Lipinski definition) is 2. The first-order chi connectivity index (χ1) is 8.89. The lowest BCUT2D eigenvalue weighted by Crippen LogP contribution is -2.53. The molecule has 0 spiro atoms. The highest BCUT2D eigenvalue weighted by Crippen LogP contribution is 2.29. The number of carbonyl (C=O) groups excluding carboxylic acids is 1. The molecule has 2 N–H and O–H groups in total. The van der Waals surface area contributed by atoms with E-state index in [9.17, 15) is 14.7 Å². The van der Waals surface area contributed by atoms with Crippen LogP contribution in [0.25, 0.3) is 0 Å². The van der Waals surface area contributed by atoms with Crippen LogP contribution in [0.4, 0.5) is 4.79 Å². The molecular weight excluding hydrogens is 248 g/mol. The number of urea groups is 1. The maximum atomic E-state index is 12.0. The van der Waals surface area contributed by atoms with Gasteiger partial charge in [0.05, 0.1) is 18.1 Å². The van der Waals surface area contributed by atoms with E-state index >= 15 is 0 Å². The van der Waals surface area contributed by atoms with E-state index in [-0.39, 0.29) is 18.6 Å². The molecule has 1 aliphatic heterocycles. The lowest BCUT2D eigenvalue weighted by atomic mass is 9.82.